The maximum atomic E-state index is 10.6. The van der Waals surface area contributed by atoms with Gasteiger partial charge in [-0.25, -0.2) is 0 Å². The van der Waals surface area contributed by atoms with Crippen molar-refractivity contribution in [1.82, 2.24) is 14.7 Å². The van der Waals surface area contributed by atoms with Crippen LogP contribution in [0.2, 0.25) is 0 Å². The number of rotatable bonds is 8. The van der Waals surface area contributed by atoms with Crippen molar-refractivity contribution in [3.05, 3.63) is 22.5 Å². The van der Waals surface area contributed by atoms with Crippen molar-refractivity contribution < 1.29 is 14.8 Å². The lowest BCUT2D eigenvalue weighted by Crippen LogP contribution is -2.40. The fraction of sp³-hybridized carbons (Fsp3) is 0.786. The van der Waals surface area contributed by atoms with E-state index in [0.717, 1.165) is 39.1 Å². The molecule has 0 aromatic carbocycles. The van der Waals surface area contributed by atoms with E-state index in [1.54, 1.807) is 0 Å². The van der Waals surface area contributed by atoms with Gasteiger partial charge in [0.05, 0.1) is 17.6 Å². The number of likely N-dealkylation sites (tertiary alicyclic amines) is 1. The van der Waals surface area contributed by atoms with Crippen LogP contribution in [0.3, 0.4) is 0 Å². The number of β-amino-alcohol motifs (C(OH)–C–C–N with tert-alkyl or cyclic N) is 1. The van der Waals surface area contributed by atoms with Gasteiger partial charge in [0, 0.05) is 19.8 Å². The molecule has 8 nitrogen and oxygen atoms in total. The zero-order chi connectivity index (χ0) is 15.9. The number of hydrogen-bond acceptors (Lipinski definition) is 6. The molecule has 22 heavy (non-hydrogen) atoms. The summed E-state index contributed by atoms with van der Waals surface area (Å²) < 4.78 is 6.88. The molecule has 2 heterocycles. The van der Waals surface area contributed by atoms with Crippen LogP contribution in [0.25, 0.3) is 0 Å². The lowest BCUT2D eigenvalue weighted by atomic mass is 9.97. The Labute approximate surface area is 129 Å². The summed E-state index contributed by atoms with van der Waals surface area (Å²) in [6.07, 6.45) is 4.13. The summed E-state index contributed by atoms with van der Waals surface area (Å²) in [6, 6.07) is 0. The smallest absolute Gasteiger partial charge is 0.306 e. The van der Waals surface area contributed by atoms with Crippen molar-refractivity contribution in [2.45, 2.75) is 32.4 Å². The summed E-state index contributed by atoms with van der Waals surface area (Å²) in [7, 11) is 0. The molecule has 1 aromatic rings. The number of hydrogen-bond donors (Lipinski definition) is 1. The average Bonchev–Trinajstić information content (AvgIpc) is 2.95. The van der Waals surface area contributed by atoms with E-state index < -0.39 is 11.0 Å². The van der Waals surface area contributed by atoms with Gasteiger partial charge in [-0.2, -0.15) is 5.10 Å². The second kappa shape index (κ2) is 8.21. The summed E-state index contributed by atoms with van der Waals surface area (Å²) >= 11 is 0. The number of aliphatic hydroxyl groups is 1. The Morgan fingerprint density at radius 1 is 1.50 bits per heavy atom. The molecule has 1 atom stereocenters. The third-order valence-electron chi connectivity index (χ3n) is 3.96. The molecule has 0 radical (unpaired) electrons. The van der Waals surface area contributed by atoms with Crippen LogP contribution < -0.4 is 0 Å². The van der Waals surface area contributed by atoms with Crippen molar-refractivity contribution in [2.75, 3.05) is 32.8 Å². The second-order valence-electron chi connectivity index (χ2n) is 5.73. The molecule has 8 heteroatoms. The molecule has 124 valence electrons. The Hall–Kier alpha value is -1.51. The molecule has 0 spiro atoms. The Morgan fingerprint density at radius 2 is 2.23 bits per heavy atom. The molecule has 1 fully saturated rings. The van der Waals surface area contributed by atoms with Gasteiger partial charge < -0.3 is 14.7 Å². The van der Waals surface area contributed by atoms with Gasteiger partial charge in [-0.3, -0.25) is 14.8 Å². The van der Waals surface area contributed by atoms with Crippen LogP contribution >= 0.6 is 0 Å². The molecule has 0 amide bonds. The van der Waals surface area contributed by atoms with Crippen LogP contribution in [0.5, 0.6) is 0 Å². The van der Waals surface area contributed by atoms with Crippen molar-refractivity contribution >= 4 is 5.69 Å². The predicted molar refractivity (Wildman–Crippen MR) is 80.5 cm³/mol. The van der Waals surface area contributed by atoms with Crippen molar-refractivity contribution in [1.29, 1.82) is 0 Å². The first-order chi connectivity index (χ1) is 10.6. The first-order valence-corrected chi connectivity index (χ1v) is 7.73. The molecule has 0 aliphatic carbocycles. The molecule has 1 saturated heterocycles. The van der Waals surface area contributed by atoms with E-state index in [0.29, 0.717) is 12.5 Å². The van der Waals surface area contributed by atoms with Crippen LogP contribution in [0, 0.1) is 16.0 Å². The van der Waals surface area contributed by atoms with Gasteiger partial charge in [0.15, 0.2) is 0 Å². The highest BCUT2D eigenvalue weighted by Crippen LogP contribution is 2.18. The zero-order valence-electron chi connectivity index (χ0n) is 12.9. The van der Waals surface area contributed by atoms with Gasteiger partial charge in [0.2, 0.25) is 0 Å². The van der Waals surface area contributed by atoms with E-state index in [9.17, 15) is 15.2 Å². The predicted octanol–water partition coefficient (Wildman–Crippen LogP) is 0.901. The minimum atomic E-state index is -0.581. The molecule has 2 rings (SSSR count). The highest BCUT2D eigenvalue weighted by Gasteiger charge is 2.21. The van der Waals surface area contributed by atoms with E-state index in [-0.39, 0.29) is 12.2 Å². The van der Waals surface area contributed by atoms with Gasteiger partial charge >= 0.3 is 5.69 Å². The molecule has 0 bridgehead atoms. The van der Waals surface area contributed by atoms with E-state index in [1.165, 1.54) is 17.1 Å². The Morgan fingerprint density at radius 3 is 2.82 bits per heavy atom. The van der Waals surface area contributed by atoms with Crippen LogP contribution in [0.15, 0.2) is 12.4 Å². The van der Waals surface area contributed by atoms with Crippen LogP contribution in [-0.2, 0) is 11.3 Å². The lowest BCUT2D eigenvalue weighted by Gasteiger charge is -2.32. The molecule has 1 unspecified atom stereocenters. The maximum Gasteiger partial charge on any atom is 0.306 e. The summed E-state index contributed by atoms with van der Waals surface area (Å²) in [5.41, 5.74) is -0.0519. The third-order valence-corrected chi connectivity index (χ3v) is 3.96. The van der Waals surface area contributed by atoms with Gasteiger partial charge in [0.1, 0.15) is 12.4 Å². The maximum absolute atomic E-state index is 10.6. The number of nitrogens with zero attached hydrogens (tertiary/aromatic N) is 4. The van der Waals surface area contributed by atoms with E-state index >= 15 is 0 Å². The Bertz CT molecular complexity index is 471. The Balaban J connectivity index is 1.71. The first kappa shape index (κ1) is 16.9. The summed E-state index contributed by atoms with van der Waals surface area (Å²) in [5, 5.41) is 24.6. The highest BCUT2D eigenvalue weighted by atomic mass is 16.6. The van der Waals surface area contributed by atoms with Gasteiger partial charge in [-0.1, -0.05) is 0 Å². The van der Waals surface area contributed by atoms with E-state index in [4.69, 9.17) is 4.74 Å². The van der Waals surface area contributed by atoms with Gasteiger partial charge in [0.25, 0.3) is 0 Å². The molecule has 0 saturated carbocycles. The normalized spacial score (nSPS) is 18.5. The number of aliphatic hydroxyl groups excluding tert-OH is 1. The summed E-state index contributed by atoms with van der Waals surface area (Å²) in [5.74, 6) is 0.613. The fourth-order valence-electron chi connectivity index (χ4n) is 2.74. The molecule has 1 aliphatic rings. The minimum absolute atomic E-state index is 0.0519. The number of ether oxygens (including phenoxy) is 1. The molecule has 1 aliphatic heterocycles. The van der Waals surface area contributed by atoms with Crippen molar-refractivity contribution in [3.63, 3.8) is 0 Å². The van der Waals surface area contributed by atoms with E-state index in [1.807, 2.05) is 6.92 Å². The monoisotopic (exact) mass is 312 g/mol. The molecule has 1 aromatic heterocycles. The van der Waals surface area contributed by atoms with Gasteiger partial charge in [-0.05, 0) is 38.8 Å². The van der Waals surface area contributed by atoms with Gasteiger partial charge in [-0.15, -0.1) is 0 Å². The molecular formula is C14H24N4O4. The lowest BCUT2D eigenvalue weighted by molar-refractivity contribution is -0.385. The topological polar surface area (TPSA) is 93.7 Å². The van der Waals surface area contributed by atoms with Crippen LogP contribution in [-0.4, -0.2) is 63.7 Å². The average molecular weight is 312 g/mol. The zero-order valence-corrected chi connectivity index (χ0v) is 12.9. The largest absolute Gasteiger partial charge is 0.390 e. The quantitative estimate of drug-likeness (QED) is 0.566. The van der Waals surface area contributed by atoms with Crippen molar-refractivity contribution in [2.24, 2.45) is 5.92 Å². The highest BCUT2D eigenvalue weighted by molar-refractivity contribution is 5.20. The van der Waals surface area contributed by atoms with Crippen LogP contribution in [0.1, 0.15) is 19.8 Å². The third kappa shape index (κ3) is 5.04. The number of piperidine rings is 1. The minimum Gasteiger partial charge on any atom is -0.390 e. The van der Waals surface area contributed by atoms with Crippen LogP contribution in [0.4, 0.5) is 5.69 Å². The second-order valence-corrected chi connectivity index (χ2v) is 5.73. The Kier molecular flexibility index (Phi) is 6.29. The van der Waals surface area contributed by atoms with Crippen molar-refractivity contribution in [3.8, 4) is 0 Å². The summed E-state index contributed by atoms with van der Waals surface area (Å²) in [6.45, 7) is 6.33. The first-order valence-electron chi connectivity index (χ1n) is 7.73. The molecular weight excluding hydrogens is 288 g/mol. The van der Waals surface area contributed by atoms with E-state index in [2.05, 4.69) is 10.00 Å². The standard InChI is InChI=1S/C14H24N4O4/c1-2-22-11-12-3-5-16(6-4-12)9-14(19)10-17-8-13(7-15-17)18(20)21/h7-8,12,14,19H,2-6,9-11H2,1H3. The summed E-state index contributed by atoms with van der Waals surface area (Å²) in [4.78, 5) is 12.3. The number of nitro groups is 1. The SMILES string of the molecule is CCOCC1CCN(CC(O)Cn2cc([N+](=O)[O-])cn2)CC1. The number of aromatic nitrogens is 2. The molecule has 1 N–H and O–H groups in total. The fourth-order valence-corrected chi connectivity index (χ4v) is 2.74.